The summed E-state index contributed by atoms with van der Waals surface area (Å²) in [5.74, 6) is -6.02. The molecule has 0 bridgehead atoms. The zero-order valence-electron chi connectivity index (χ0n) is 13.9. The summed E-state index contributed by atoms with van der Waals surface area (Å²) in [7, 11) is 0. The van der Waals surface area contributed by atoms with Crippen LogP contribution in [0.15, 0.2) is 12.3 Å². The summed E-state index contributed by atoms with van der Waals surface area (Å²) in [5, 5.41) is 7.52. The van der Waals surface area contributed by atoms with Crippen LogP contribution < -0.4 is 5.73 Å². The van der Waals surface area contributed by atoms with Gasteiger partial charge in [-0.25, -0.2) is 9.97 Å². The molecule has 0 aromatic carbocycles. The number of nitrogens with two attached hydrogens (primary N) is 1. The number of amidine groups is 1. The molecule has 0 amide bonds. The number of halogens is 5. The molecule has 2 rings (SSSR count). The summed E-state index contributed by atoms with van der Waals surface area (Å²) in [6.45, 7) is -2.67. The lowest BCUT2D eigenvalue weighted by atomic mass is 10.1. The fourth-order valence-corrected chi connectivity index (χ4v) is 1.79. The Kier molecular flexibility index (Phi) is 2.90. The predicted octanol–water partition coefficient (Wildman–Crippen LogP) is 2.38. The highest BCUT2D eigenvalue weighted by Crippen LogP contribution is 2.38. The molecule has 0 spiro atoms. The lowest BCUT2D eigenvalue weighted by Crippen LogP contribution is -2.36. The summed E-state index contributed by atoms with van der Waals surface area (Å²) >= 11 is 0. The first-order valence-corrected chi connectivity index (χ1v) is 5.91. The zero-order valence-corrected chi connectivity index (χ0v) is 10.9. The first-order valence-electron chi connectivity index (χ1n) is 7.41. The van der Waals surface area contributed by atoms with E-state index in [1.54, 1.807) is 0 Å². The molecule has 0 fully saturated rings. The number of nitrogen functional groups attached to an aromatic ring is 1. The summed E-state index contributed by atoms with van der Waals surface area (Å²) in [5.41, 5.74) is 4.86. The largest absolute Gasteiger partial charge is 0.453 e. The quantitative estimate of drug-likeness (QED) is 0.515. The third kappa shape index (κ3) is 2.85. The smallest absolute Gasteiger partial charge is 0.382 e. The summed E-state index contributed by atoms with van der Waals surface area (Å²) in [6.07, 6.45) is -7.10. The molecular weight excluding hydrogens is 309 g/mol. The van der Waals surface area contributed by atoms with Gasteiger partial charge in [-0.05, 0) is 6.07 Å². The van der Waals surface area contributed by atoms with Gasteiger partial charge in [0, 0.05) is 35.5 Å². The van der Waals surface area contributed by atoms with Crippen molar-refractivity contribution in [2.75, 3.05) is 0 Å². The van der Waals surface area contributed by atoms with Crippen molar-refractivity contribution in [3.05, 3.63) is 23.8 Å². The van der Waals surface area contributed by atoms with E-state index in [2.05, 4.69) is 9.97 Å². The van der Waals surface area contributed by atoms with Crippen LogP contribution in [0.25, 0.3) is 11.0 Å². The number of alkyl halides is 5. The Labute approximate surface area is 125 Å². The molecule has 0 saturated heterocycles. The van der Waals surface area contributed by atoms with Crippen molar-refractivity contribution in [3.8, 4) is 0 Å². The van der Waals surface area contributed by atoms with E-state index in [0.29, 0.717) is 0 Å². The molecule has 10 heteroatoms. The highest BCUT2D eigenvalue weighted by Gasteiger charge is 2.56. The Morgan fingerprint density at radius 3 is 2.59 bits per heavy atom. The Hall–Kier alpha value is -2.26. The Bertz CT molecular complexity index is 812. The van der Waals surface area contributed by atoms with Gasteiger partial charge in [-0.2, -0.15) is 22.0 Å². The summed E-state index contributed by atoms with van der Waals surface area (Å²) in [6, 6.07) is 1.27. The van der Waals surface area contributed by atoms with Crippen LogP contribution in [-0.2, 0) is 13.4 Å². The van der Waals surface area contributed by atoms with Crippen molar-refractivity contribution < 1.29 is 26.1 Å². The standard InChI is InChI=1S/C12H12F5N5/c1-22-5-3-6-8(9(18)19)20-7(21-10(6)22)2-4-11(13,14)12(15,16)17/h3,5H,2,4H2,1H3,(H3,18,19)/i1D3. The minimum Gasteiger partial charge on any atom is -0.382 e. The van der Waals surface area contributed by atoms with Gasteiger partial charge in [0.05, 0.1) is 0 Å². The minimum atomic E-state index is -5.72. The van der Waals surface area contributed by atoms with Gasteiger partial charge in [0.1, 0.15) is 23.0 Å². The number of hydrogen-bond donors (Lipinski definition) is 2. The van der Waals surface area contributed by atoms with Gasteiger partial charge in [-0.3, -0.25) is 5.41 Å². The van der Waals surface area contributed by atoms with E-state index < -0.39 is 43.6 Å². The van der Waals surface area contributed by atoms with Crippen molar-refractivity contribution in [3.63, 3.8) is 0 Å². The van der Waals surface area contributed by atoms with Crippen LogP contribution in [0.3, 0.4) is 0 Å². The van der Waals surface area contributed by atoms with Gasteiger partial charge in [-0.15, -0.1) is 0 Å². The molecule has 2 heterocycles. The lowest BCUT2D eigenvalue weighted by molar-refractivity contribution is -0.284. The molecule has 120 valence electrons. The topological polar surface area (TPSA) is 80.6 Å². The molecule has 0 atom stereocenters. The van der Waals surface area contributed by atoms with Gasteiger partial charge in [0.2, 0.25) is 0 Å². The van der Waals surface area contributed by atoms with Gasteiger partial charge < -0.3 is 10.3 Å². The molecule has 0 aliphatic carbocycles. The molecule has 0 aliphatic heterocycles. The molecular formula is C12H12F5N5. The van der Waals surface area contributed by atoms with Crippen molar-refractivity contribution in [1.29, 1.82) is 5.41 Å². The lowest BCUT2D eigenvalue weighted by Gasteiger charge is -2.19. The first-order chi connectivity index (χ1) is 11.2. The van der Waals surface area contributed by atoms with E-state index in [9.17, 15) is 22.0 Å². The second kappa shape index (κ2) is 5.18. The van der Waals surface area contributed by atoms with Crippen molar-refractivity contribution in [2.45, 2.75) is 24.9 Å². The molecule has 0 saturated carbocycles. The molecule has 0 unspecified atom stereocenters. The molecule has 5 nitrogen and oxygen atoms in total. The van der Waals surface area contributed by atoms with E-state index in [1.807, 2.05) is 0 Å². The molecule has 0 radical (unpaired) electrons. The summed E-state index contributed by atoms with van der Waals surface area (Å²) in [4.78, 5) is 7.49. The van der Waals surface area contributed by atoms with E-state index in [-0.39, 0.29) is 16.7 Å². The molecule has 3 N–H and O–H groups in total. The SMILES string of the molecule is [2H]C([2H])([2H])n1ccc2c(C(=N)N)nc(CCC(F)(F)C(F)(F)F)nc21. The van der Waals surface area contributed by atoms with Crippen molar-refractivity contribution in [1.82, 2.24) is 14.5 Å². The van der Waals surface area contributed by atoms with Crippen LogP contribution in [0.1, 0.15) is 22.1 Å². The van der Waals surface area contributed by atoms with E-state index in [1.165, 1.54) is 6.07 Å². The molecule has 22 heavy (non-hydrogen) atoms. The second-order valence-electron chi connectivity index (χ2n) is 4.53. The average molecular weight is 324 g/mol. The molecule has 0 aliphatic rings. The monoisotopic (exact) mass is 324 g/mol. The van der Waals surface area contributed by atoms with E-state index in [4.69, 9.17) is 15.3 Å². The van der Waals surface area contributed by atoms with Crippen LogP contribution in [0.4, 0.5) is 22.0 Å². The maximum Gasteiger partial charge on any atom is 0.453 e. The maximum absolute atomic E-state index is 13.1. The normalized spacial score (nSPS) is 15.4. The minimum absolute atomic E-state index is 0.0787. The Morgan fingerprint density at radius 1 is 1.36 bits per heavy atom. The zero-order chi connectivity index (χ0) is 19.2. The van der Waals surface area contributed by atoms with Gasteiger partial charge in [0.25, 0.3) is 0 Å². The van der Waals surface area contributed by atoms with Crippen LogP contribution in [-0.4, -0.2) is 32.5 Å². The van der Waals surface area contributed by atoms with Gasteiger partial charge in [0.15, 0.2) is 0 Å². The van der Waals surface area contributed by atoms with E-state index >= 15 is 0 Å². The second-order valence-corrected chi connectivity index (χ2v) is 4.53. The third-order valence-corrected chi connectivity index (χ3v) is 2.92. The van der Waals surface area contributed by atoms with Crippen LogP contribution in [0, 0.1) is 5.41 Å². The van der Waals surface area contributed by atoms with Gasteiger partial charge >= 0.3 is 12.1 Å². The highest BCUT2D eigenvalue weighted by atomic mass is 19.4. The van der Waals surface area contributed by atoms with Crippen LogP contribution >= 0.6 is 0 Å². The van der Waals surface area contributed by atoms with Crippen LogP contribution in [0.2, 0.25) is 0 Å². The van der Waals surface area contributed by atoms with Gasteiger partial charge in [-0.1, -0.05) is 0 Å². The van der Waals surface area contributed by atoms with Crippen molar-refractivity contribution >= 4 is 16.9 Å². The number of fused-ring (bicyclic) bond motifs is 1. The average Bonchev–Trinajstić information content (AvgIpc) is 2.86. The fraction of sp³-hybridized carbons (Fsp3) is 0.417. The first kappa shape index (κ1) is 12.3. The molecule has 2 aromatic heterocycles. The van der Waals surface area contributed by atoms with Crippen LogP contribution in [0.5, 0.6) is 0 Å². The molecule has 2 aromatic rings. The third-order valence-electron chi connectivity index (χ3n) is 2.92. The Morgan fingerprint density at radius 2 is 2.05 bits per heavy atom. The van der Waals surface area contributed by atoms with E-state index in [0.717, 1.165) is 10.8 Å². The number of aromatic nitrogens is 3. The number of nitrogens with zero attached hydrogens (tertiary/aromatic N) is 3. The number of nitrogens with one attached hydrogen (secondary N) is 1. The predicted molar refractivity (Wildman–Crippen MR) is 68.8 cm³/mol. The highest BCUT2D eigenvalue weighted by molar-refractivity contribution is 6.04. The maximum atomic E-state index is 13.1. The number of hydrogen-bond acceptors (Lipinski definition) is 3. The number of rotatable bonds is 4. The Balaban J connectivity index is 2.49. The fourth-order valence-electron chi connectivity index (χ4n) is 1.79. The summed E-state index contributed by atoms with van der Waals surface area (Å²) < 4.78 is 85.7. The van der Waals surface area contributed by atoms with Crippen molar-refractivity contribution in [2.24, 2.45) is 12.7 Å². The number of aryl methyl sites for hydroxylation is 2.